The van der Waals surface area contributed by atoms with E-state index in [0.29, 0.717) is 5.56 Å². The van der Waals surface area contributed by atoms with Crippen LogP contribution in [0.4, 0.5) is 18.9 Å². The number of alkyl halides is 3. The Morgan fingerprint density at radius 2 is 1.55 bits per heavy atom. The summed E-state index contributed by atoms with van der Waals surface area (Å²) in [6, 6.07) is 6.81. The molecule has 1 aromatic rings. The van der Waals surface area contributed by atoms with Crippen molar-refractivity contribution in [3.63, 3.8) is 0 Å². The molecule has 2 heterocycles. The van der Waals surface area contributed by atoms with E-state index in [1.807, 2.05) is 20.8 Å². The van der Waals surface area contributed by atoms with E-state index in [0.717, 1.165) is 58.2 Å². The second-order valence-electron chi connectivity index (χ2n) is 7.59. The second kappa shape index (κ2) is 15.9. The zero-order valence-corrected chi connectivity index (χ0v) is 22.5. The molecule has 9 heteroatoms. The van der Waals surface area contributed by atoms with Crippen molar-refractivity contribution in [1.29, 1.82) is 0 Å². The SMILES string of the molecule is C/C=C(\SC)SN1CCN(c2ccc(C(C)C(F)(F)F)cc2)CC1.CC.CN1CCOCC1. The van der Waals surface area contributed by atoms with Crippen molar-refractivity contribution >= 4 is 29.4 Å². The van der Waals surface area contributed by atoms with Crippen molar-refractivity contribution in [2.45, 2.75) is 39.8 Å². The highest BCUT2D eigenvalue weighted by Crippen LogP contribution is 2.35. The Morgan fingerprint density at radius 1 is 1.00 bits per heavy atom. The zero-order valence-electron chi connectivity index (χ0n) is 20.8. The van der Waals surface area contributed by atoms with Gasteiger partial charge in [-0.05, 0) is 56.8 Å². The molecule has 0 amide bonds. The van der Waals surface area contributed by atoms with Crippen LogP contribution in [-0.4, -0.2) is 81.2 Å². The average Bonchev–Trinajstić information content (AvgIpc) is 2.84. The number of hydrogen-bond donors (Lipinski definition) is 0. The number of ether oxygens (including phenoxy) is 1. The van der Waals surface area contributed by atoms with Crippen molar-refractivity contribution in [2.75, 3.05) is 70.7 Å². The Bertz CT molecular complexity index is 673. The van der Waals surface area contributed by atoms with Gasteiger partial charge in [0.15, 0.2) is 0 Å². The lowest BCUT2D eigenvalue weighted by Gasteiger charge is -2.35. The summed E-state index contributed by atoms with van der Waals surface area (Å²) in [5.74, 6) is -1.43. The zero-order chi connectivity index (χ0) is 24.9. The fourth-order valence-corrected chi connectivity index (χ4v) is 4.75. The maximum Gasteiger partial charge on any atom is 0.395 e. The maximum absolute atomic E-state index is 12.8. The van der Waals surface area contributed by atoms with Crippen LogP contribution in [0.1, 0.15) is 39.2 Å². The molecule has 3 rings (SSSR count). The molecule has 0 saturated carbocycles. The molecular weight excluding hydrogens is 467 g/mol. The van der Waals surface area contributed by atoms with E-state index in [4.69, 9.17) is 4.74 Å². The number of thioether (sulfide) groups is 1. The van der Waals surface area contributed by atoms with E-state index < -0.39 is 12.1 Å². The van der Waals surface area contributed by atoms with Crippen LogP contribution in [0.15, 0.2) is 34.6 Å². The first kappa shape index (κ1) is 30.2. The molecule has 1 unspecified atom stereocenters. The minimum atomic E-state index is -4.19. The summed E-state index contributed by atoms with van der Waals surface area (Å²) in [7, 11) is 2.11. The third-order valence-corrected chi connectivity index (χ3v) is 7.78. The molecule has 0 bridgehead atoms. The molecule has 0 aliphatic carbocycles. The number of morpholine rings is 1. The molecule has 0 spiro atoms. The molecular formula is C24H40F3N3OS2. The van der Waals surface area contributed by atoms with Crippen molar-refractivity contribution in [2.24, 2.45) is 0 Å². The molecule has 190 valence electrons. The van der Waals surface area contributed by atoms with Crippen LogP contribution in [0.25, 0.3) is 0 Å². The number of hydrogen-bond acceptors (Lipinski definition) is 6. The first-order valence-electron chi connectivity index (χ1n) is 11.6. The number of benzene rings is 1. The van der Waals surface area contributed by atoms with Gasteiger partial charge in [-0.25, -0.2) is 4.31 Å². The van der Waals surface area contributed by atoms with Gasteiger partial charge in [-0.3, -0.25) is 0 Å². The summed E-state index contributed by atoms with van der Waals surface area (Å²) in [4.78, 5) is 4.50. The number of likely N-dealkylation sites (N-methyl/N-ethyl adjacent to an activating group) is 1. The number of allylic oxidation sites excluding steroid dienone is 1. The largest absolute Gasteiger partial charge is 0.395 e. The molecule has 4 nitrogen and oxygen atoms in total. The summed E-state index contributed by atoms with van der Waals surface area (Å²) in [5.41, 5.74) is 1.31. The van der Waals surface area contributed by atoms with Crippen molar-refractivity contribution in [3.8, 4) is 0 Å². The Kier molecular flexibility index (Phi) is 14.6. The maximum atomic E-state index is 12.8. The normalized spacial score (nSPS) is 19.2. The highest BCUT2D eigenvalue weighted by molar-refractivity contribution is 8.20. The third-order valence-electron chi connectivity index (χ3n) is 5.38. The summed E-state index contributed by atoms with van der Waals surface area (Å²) in [5, 5.41) is 0. The standard InChI is InChI=1S/C17H23F3N2S2.C5H11NO.C2H6/c1-4-16(23-3)24-22-11-9-21(10-12-22)15-7-5-14(6-8-15)13(2)17(18,19)20;1-6-2-4-7-5-3-6;1-2/h4-8,13H,9-12H2,1-3H3;2-5H2,1H3;1-2H3/b16-4+;;. The van der Waals surface area contributed by atoms with Crippen LogP contribution in [-0.2, 0) is 4.74 Å². The summed E-state index contributed by atoms with van der Waals surface area (Å²) >= 11 is 3.52. The molecule has 0 aromatic heterocycles. The first-order chi connectivity index (χ1) is 15.7. The molecule has 2 saturated heterocycles. The van der Waals surface area contributed by atoms with Crippen molar-refractivity contribution < 1.29 is 17.9 Å². The smallest absolute Gasteiger partial charge is 0.379 e. The van der Waals surface area contributed by atoms with Gasteiger partial charge in [0.05, 0.1) is 23.4 Å². The molecule has 1 atom stereocenters. The van der Waals surface area contributed by atoms with Gasteiger partial charge in [-0.15, -0.1) is 11.8 Å². The number of halogens is 3. The Balaban J connectivity index is 0.000000508. The predicted molar refractivity (Wildman–Crippen MR) is 139 cm³/mol. The van der Waals surface area contributed by atoms with E-state index in [1.165, 1.54) is 11.2 Å². The van der Waals surface area contributed by atoms with Crippen LogP contribution in [0.3, 0.4) is 0 Å². The van der Waals surface area contributed by atoms with Gasteiger partial charge in [0.1, 0.15) is 0 Å². The van der Waals surface area contributed by atoms with Crippen molar-refractivity contribution in [1.82, 2.24) is 9.21 Å². The van der Waals surface area contributed by atoms with Gasteiger partial charge in [0, 0.05) is 45.0 Å². The Hall–Kier alpha value is -0.870. The van der Waals surface area contributed by atoms with E-state index in [9.17, 15) is 13.2 Å². The number of nitrogens with zero attached hydrogens (tertiary/aromatic N) is 3. The molecule has 2 aliphatic rings. The second-order valence-corrected chi connectivity index (χ2v) is 9.83. The molecule has 2 fully saturated rings. The van der Waals surface area contributed by atoms with Crippen LogP contribution in [0.2, 0.25) is 0 Å². The van der Waals surface area contributed by atoms with Crippen LogP contribution in [0.5, 0.6) is 0 Å². The number of rotatable bonds is 5. The number of anilines is 1. The topological polar surface area (TPSA) is 19.0 Å². The van der Waals surface area contributed by atoms with Crippen LogP contribution >= 0.6 is 23.7 Å². The predicted octanol–water partition coefficient (Wildman–Crippen LogP) is 6.32. The molecule has 0 N–H and O–H groups in total. The lowest BCUT2D eigenvalue weighted by molar-refractivity contribution is -0.146. The minimum absolute atomic E-state index is 0.318. The van der Waals surface area contributed by atoms with Crippen molar-refractivity contribution in [3.05, 3.63) is 40.1 Å². The van der Waals surface area contributed by atoms with E-state index in [1.54, 1.807) is 48.0 Å². The lowest BCUT2D eigenvalue weighted by Crippen LogP contribution is -2.43. The van der Waals surface area contributed by atoms with Gasteiger partial charge < -0.3 is 14.5 Å². The summed E-state index contributed by atoms with van der Waals surface area (Å²) in [6.07, 6.45) is -0.00349. The van der Waals surface area contributed by atoms with Crippen LogP contribution in [0, 0.1) is 0 Å². The van der Waals surface area contributed by atoms with E-state index in [2.05, 4.69) is 33.5 Å². The van der Waals surface area contributed by atoms with E-state index >= 15 is 0 Å². The van der Waals surface area contributed by atoms with Gasteiger partial charge in [-0.2, -0.15) is 13.2 Å². The lowest BCUT2D eigenvalue weighted by atomic mass is 10.0. The van der Waals surface area contributed by atoms with E-state index in [-0.39, 0.29) is 0 Å². The Labute approximate surface area is 207 Å². The molecule has 2 aliphatic heterocycles. The summed E-state index contributed by atoms with van der Waals surface area (Å²) in [6.45, 7) is 14.9. The third kappa shape index (κ3) is 10.9. The monoisotopic (exact) mass is 507 g/mol. The van der Waals surface area contributed by atoms with Crippen LogP contribution < -0.4 is 4.90 Å². The highest BCUT2D eigenvalue weighted by Gasteiger charge is 2.36. The average molecular weight is 508 g/mol. The number of piperazine rings is 1. The molecule has 1 aromatic carbocycles. The highest BCUT2D eigenvalue weighted by atomic mass is 32.2. The van der Waals surface area contributed by atoms with Gasteiger partial charge >= 0.3 is 6.18 Å². The van der Waals surface area contributed by atoms with Gasteiger partial charge in [0.25, 0.3) is 0 Å². The first-order valence-corrected chi connectivity index (χ1v) is 13.6. The fraction of sp³-hybridized carbons (Fsp3) is 0.667. The van der Waals surface area contributed by atoms with Gasteiger partial charge in [-0.1, -0.05) is 32.1 Å². The fourth-order valence-electron chi connectivity index (χ4n) is 3.19. The molecule has 0 radical (unpaired) electrons. The minimum Gasteiger partial charge on any atom is -0.379 e. The summed E-state index contributed by atoms with van der Waals surface area (Å²) < 4.78 is 47.0. The Morgan fingerprint density at radius 3 is 1.94 bits per heavy atom. The molecule has 33 heavy (non-hydrogen) atoms. The quantitative estimate of drug-likeness (QED) is 0.431. The van der Waals surface area contributed by atoms with Gasteiger partial charge in [0.2, 0.25) is 0 Å².